The van der Waals surface area contributed by atoms with Crippen LogP contribution in [0.3, 0.4) is 0 Å². The van der Waals surface area contributed by atoms with E-state index in [4.69, 9.17) is 10.00 Å². The van der Waals surface area contributed by atoms with E-state index in [-0.39, 0.29) is 23.5 Å². The van der Waals surface area contributed by atoms with E-state index in [2.05, 4.69) is 15.3 Å². The number of ether oxygens (including phenoxy) is 1. The van der Waals surface area contributed by atoms with E-state index in [0.29, 0.717) is 35.6 Å². The number of nitrogens with zero attached hydrogens (tertiary/aromatic N) is 4. The summed E-state index contributed by atoms with van der Waals surface area (Å²) >= 11 is 0. The van der Waals surface area contributed by atoms with Crippen molar-refractivity contribution in [2.45, 2.75) is 19.9 Å². The Hall–Kier alpha value is -4.32. The van der Waals surface area contributed by atoms with Crippen molar-refractivity contribution in [3.8, 4) is 23.1 Å². The number of carbonyl (C=O) groups is 1. The van der Waals surface area contributed by atoms with Crippen molar-refractivity contribution in [2.24, 2.45) is 0 Å². The van der Waals surface area contributed by atoms with Crippen LogP contribution in [0.25, 0.3) is 22.2 Å². The number of hydrogen-bond donors (Lipinski definition) is 1. The van der Waals surface area contributed by atoms with Crippen LogP contribution in [0.5, 0.6) is 5.75 Å². The highest BCUT2D eigenvalue weighted by Crippen LogP contribution is 2.32. The molecule has 0 saturated heterocycles. The van der Waals surface area contributed by atoms with Gasteiger partial charge < -0.3 is 14.6 Å². The molecule has 0 amide bonds. The number of nitriles is 1. The zero-order valence-electron chi connectivity index (χ0n) is 18.6. The topological polar surface area (TPSA) is 92.8 Å². The molecule has 2 heterocycles. The van der Waals surface area contributed by atoms with Gasteiger partial charge >= 0.3 is 0 Å². The zero-order chi connectivity index (χ0) is 24.2. The monoisotopic (exact) mass is 461 g/mol. The number of fused-ring (bicyclic) bond motifs is 1. The number of halogens is 2. The number of methoxy groups -OCH3 is 1. The van der Waals surface area contributed by atoms with Gasteiger partial charge in [-0.15, -0.1) is 0 Å². The van der Waals surface area contributed by atoms with Gasteiger partial charge in [0.2, 0.25) is 0 Å². The van der Waals surface area contributed by atoms with Crippen molar-refractivity contribution in [1.82, 2.24) is 14.5 Å². The molecule has 4 rings (SSSR count). The molecule has 0 saturated carbocycles. The van der Waals surface area contributed by atoms with E-state index in [1.54, 1.807) is 41.0 Å². The second kappa shape index (κ2) is 9.67. The second-order valence-corrected chi connectivity index (χ2v) is 7.62. The van der Waals surface area contributed by atoms with Crippen LogP contribution in [0.2, 0.25) is 0 Å². The molecule has 0 aliphatic rings. The quantitative estimate of drug-likeness (QED) is 0.375. The Morgan fingerprint density at radius 3 is 2.65 bits per heavy atom. The average molecular weight is 461 g/mol. The van der Waals surface area contributed by atoms with Crippen molar-refractivity contribution in [3.05, 3.63) is 71.7 Å². The number of benzene rings is 2. The fourth-order valence-electron chi connectivity index (χ4n) is 3.84. The van der Waals surface area contributed by atoms with Gasteiger partial charge in [0.25, 0.3) is 0 Å². The maximum absolute atomic E-state index is 14.6. The molecular weight excluding hydrogens is 440 g/mol. The van der Waals surface area contributed by atoms with Gasteiger partial charge in [0.05, 0.1) is 30.8 Å². The van der Waals surface area contributed by atoms with E-state index in [1.807, 2.05) is 13.0 Å². The third-order valence-electron chi connectivity index (χ3n) is 5.52. The van der Waals surface area contributed by atoms with Crippen molar-refractivity contribution >= 4 is 22.5 Å². The summed E-state index contributed by atoms with van der Waals surface area (Å²) < 4.78 is 35.5. The second-order valence-electron chi connectivity index (χ2n) is 7.62. The lowest BCUT2D eigenvalue weighted by Crippen LogP contribution is -2.13. The normalized spacial score (nSPS) is 10.8. The Balaban J connectivity index is 1.50. The molecule has 0 unspecified atom stereocenters. The lowest BCUT2D eigenvalue weighted by Gasteiger charge is -2.12. The maximum Gasteiger partial charge on any atom is 0.183 e. The fourth-order valence-corrected chi connectivity index (χ4v) is 3.84. The summed E-state index contributed by atoms with van der Waals surface area (Å²) in [4.78, 5) is 20.3. The summed E-state index contributed by atoms with van der Waals surface area (Å²) in [6.07, 6.45) is 1.25. The van der Waals surface area contributed by atoms with Gasteiger partial charge in [0, 0.05) is 47.4 Å². The molecule has 0 aliphatic heterocycles. The first-order valence-corrected chi connectivity index (χ1v) is 10.5. The molecule has 172 valence electrons. The Bertz CT molecular complexity index is 1410. The van der Waals surface area contributed by atoms with Crippen LogP contribution in [0.4, 0.5) is 14.6 Å². The number of anilines is 1. The molecule has 7 nitrogen and oxygen atoms in total. The van der Waals surface area contributed by atoms with Crippen LogP contribution < -0.4 is 10.1 Å². The first kappa shape index (κ1) is 22.9. The third kappa shape index (κ3) is 4.43. The number of nitrogens with one attached hydrogen (secondary N) is 1. The average Bonchev–Trinajstić information content (AvgIpc) is 3.18. The highest BCUT2D eigenvalue weighted by molar-refractivity contribution is 5.97. The molecule has 9 heteroatoms. The van der Waals surface area contributed by atoms with Gasteiger partial charge in [-0.3, -0.25) is 4.79 Å². The summed E-state index contributed by atoms with van der Waals surface area (Å²) in [6.45, 7) is 2.60. The highest BCUT2D eigenvalue weighted by atomic mass is 19.2. The Morgan fingerprint density at radius 2 is 1.94 bits per heavy atom. The molecule has 2 aromatic heterocycles. The van der Waals surface area contributed by atoms with Crippen LogP contribution in [-0.4, -0.2) is 34.0 Å². The van der Waals surface area contributed by atoms with Crippen LogP contribution in [0.1, 0.15) is 22.5 Å². The number of aryl methyl sites for hydroxylation is 1. The van der Waals surface area contributed by atoms with E-state index >= 15 is 0 Å². The van der Waals surface area contributed by atoms with Gasteiger partial charge in [0.15, 0.2) is 17.4 Å². The molecule has 34 heavy (non-hydrogen) atoms. The predicted octanol–water partition coefficient (Wildman–Crippen LogP) is 4.90. The number of rotatable bonds is 8. The molecule has 0 bridgehead atoms. The number of ketones is 1. The van der Waals surface area contributed by atoms with Gasteiger partial charge in [-0.2, -0.15) is 5.26 Å². The molecular formula is C25H21F2N5O2. The number of hydrogen-bond acceptors (Lipinski definition) is 6. The van der Waals surface area contributed by atoms with Gasteiger partial charge in [0.1, 0.15) is 17.9 Å². The van der Waals surface area contributed by atoms with E-state index < -0.39 is 11.6 Å². The van der Waals surface area contributed by atoms with Gasteiger partial charge in [-0.1, -0.05) is 24.3 Å². The SMILES string of the molecule is COc1cc(F)c(F)c2c1cc(C)n2CCNc1cc(-c2ccc(C(=O)CC#N)cc2)ncn1. The van der Waals surface area contributed by atoms with Crippen LogP contribution in [0.15, 0.2) is 48.8 Å². The smallest absolute Gasteiger partial charge is 0.183 e. The van der Waals surface area contributed by atoms with Crippen LogP contribution >= 0.6 is 0 Å². The Morgan fingerprint density at radius 1 is 1.18 bits per heavy atom. The van der Waals surface area contributed by atoms with E-state index in [0.717, 1.165) is 17.3 Å². The summed E-state index contributed by atoms with van der Waals surface area (Å²) in [5, 5.41) is 12.4. The first-order valence-electron chi connectivity index (χ1n) is 10.5. The third-order valence-corrected chi connectivity index (χ3v) is 5.52. The number of aromatic nitrogens is 3. The lowest BCUT2D eigenvalue weighted by atomic mass is 10.0. The van der Waals surface area contributed by atoms with Crippen molar-refractivity contribution in [2.75, 3.05) is 19.0 Å². The highest BCUT2D eigenvalue weighted by Gasteiger charge is 2.18. The summed E-state index contributed by atoms with van der Waals surface area (Å²) in [7, 11) is 1.42. The van der Waals surface area contributed by atoms with Crippen LogP contribution in [0, 0.1) is 29.9 Å². The summed E-state index contributed by atoms with van der Waals surface area (Å²) in [6, 6.07) is 13.3. The molecule has 0 spiro atoms. The van der Waals surface area contributed by atoms with Gasteiger partial charge in [-0.05, 0) is 13.0 Å². The minimum atomic E-state index is -0.961. The first-order chi connectivity index (χ1) is 16.4. The standard InChI is InChI=1S/C25H21F2N5O2/c1-15-11-18-22(34-2)12-19(26)24(27)25(18)32(15)10-9-29-23-13-20(30-14-31-23)16-3-5-17(6-4-16)21(33)7-8-28/h3-6,11-14H,7,9-10H2,1-2H3,(H,29,30,31). The molecule has 0 atom stereocenters. The van der Waals surface area contributed by atoms with Crippen LogP contribution in [-0.2, 0) is 6.54 Å². The summed E-state index contributed by atoms with van der Waals surface area (Å²) in [5.74, 6) is -1.26. The molecule has 0 radical (unpaired) electrons. The van der Waals surface area contributed by atoms with Crippen molar-refractivity contribution < 1.29 is 18.3 Å². The molecule has 4 aromatic rings. The molecule has 1 N–H and O–H groups in total. The summed E-state index contributed by atoms with van der Waals surface area (Å²) in [5.41, 5.74) is 2.83. The Kier molecular flexibility index (Phi) is 6.50. The van der Waals surface area contributed by atoms with Crippen molar-refractivity contribution in [1.29, 1.82) is 5.26 Å². The molecule has 0 aliphatic carbocycles. The molecule has 2 aromatic carbocycles. The minimum absolute atomic E-state index is 0.158. The predicted molar refractivity (Wildman–Crippen MR) is 124 cm³/mol. The number of Topliss-reactive ketones (excluding diaryl/α,β-unsaturated/α-hetero) is 1. The molecule has 0 fully saturated rings. The Labute approximate surface area is 194 Å². The van der Waals surface area contributed by atoms with Gasteiger partial charge in [-0.25, -0.2) is 18.7 Å². The van der Waals surface area contributed by atoms with Crippen molar-refractivity contribution in [3.63, 3.8) is 0 Å². The number of carbonyl (C=O) groups excluding carboxylic acids is 1. The maximum atomic E-state index is 14.6. The lowest BCUT2D eigenvalue weighted by molar-refractivity contribution is 0.0997. The zero-order valence-corrected chi connectivity index (χ0v) is 18.6. The largest absolute Gasteiger partial charge is 0.496 e. The minimum Gasteiger partial charge on any atom is -0.496 e. The fraction of sp³-hybridized carbons (Fsp3) is 0.200. The van der Waals surface area contributed by atoms with E-state index in [1.165, 1.54) is 13.4 Å². The van der Waals surface area contributed by atoms with E-state index in [9.17, 15) is 13.6 Å².